The van der Waals surface area contributed by atoms with E-state index in [-0.39, 0.29) is 37.8 Å². The minimum absolute atomic E-state index is 0.156. The molecule has 2 rings (SSSR count). The van der Waals surface area contributed by atoms with Crippen LogP contribution in [-0.4, -0.2) is 119 Å². The van der Waals surface area contributed by atoms with Gasteiger partial charge >= 0.3 is 11.9 Å². The van der Waals surface area contributed by atoms with Crippen LogP contribution in [0.1, 0.15) is 73.6 Å². The Bertz CT molecular complexity index is 1110. The Hall–Kier alpha value is -3.71. The molecule has 0 aromatic rings. The Kier molecular flexibility index (Phi) is 13.1. The Morgan fingerprint density at radius 2 is 1.61 bits per heavy atom. The van der Waals surface area contributed by atoms with Gasteiger partial charge < -0.3 is 35.2 Å². The number of carboxylic acid groups (broad SMARTS) is 1. The van der Waals surface area contributed by atoms with Crippen LogP contribution in [0, 0.1) is 17.8 Å². The summed E-state index contributed by atoms with van der Waals surface area (Å²) in [6.45, 7) is 10.2. The highest BCUT2D eigenvalue weighted by molar-refractivity contribution is 5.96. The summed E-state index contributed by atoms with van der Waals surface area (Å²) in [5.41, 5.74) is 0. The highest BCUT2D eigenvalue weighted by Crippen LogP contribution is 2.24. The van der Waals surface area contributed by atoms with E-state index in [1.54, 1.807) is 20.8 Å². The molecule has 0 radical (unpaired) electrons. The number of nitrogens with one attached hydrogen (secondary N) is 2. The lowest BCUT2D eigenvalue weighted by atomic mass is 9.94. The first-order valence-electron chi connectivity index (χ1n) is 15.4. The summed E-state index contributed by atoms with van der Waals surface area (Å²) in [5, 5.41) is 14.9. The van der Waals surface area contributed by atoms with Gasteiger partial charge in [0.2, 0.25) is 23.6 Å². The van der Waals surface area contributed by atoms with E-state index in [2.05, 4.69) is 10.6 Å². The van der Waals surface area contributed by atoms with Crippen molar-refractivity contribution in [1.29, 1.82) is 0 Å². The largest absolute Gasteiger partial charge is 0.481 e. The van der Waals surface area contributed by atoms with Crippen LogP contribution in [0.3, 0.4) is 0 Å². The molecule has 14 heteroatoms. The van der Waals surface area contributed by atoms with Crippen LogP contribution >= 0.6 is 0 Å². The molecule has 0 aromatic heterocycles. The molecule has 2 aliphatic rings. The number of hydrogen-bond donors (Lipinski definition) is 3. The zero-order valence-electron chi connectivity index (χ0n) is 27.1. The molecule has 3 N–H and O–H groups in total. The highest BCUT2D eigenvalue weighted by atomic mass is 16.5. The topological polar surface area (TPSA) is 183 Å². The number of amides is 5. The van der Waals surface area contributed by atoms with Gasteiger partial charge in [0.25, 0.3) is 5.91 Å². The van der Waals surface area contributed by atoms with Gasteiger partial charge in [0.15, 0.2) is 6.10 Å². The van der Waals surface area contributed by atoms with Gasteiger partial charge in [0, 0.05) is 33.6 Å². The molecular weight excluding hydrogens is 574 g/mol. The molecule has 0 aromatic carbocycles. The minimum Gasteiger partial charge on any atom is -0.481 e. The third-order valence-electron chi connectivity index (χ3n) is 8.74. The predicted octanol–water partition coefficient (Wildman–Crippen LogP) is 0.381. The number of nitrogens with zero attached hydrogens (tertiary/aromatic N) is 3. The quantitative estimate of drug-likeness (QED) is 0.352. The zero-order chi connectivity index (χ0) is 33.5. The summed E-state index contributed by atoms with van der Waals surface area (Å²) in [5.74, 6) is -6.46. The number of esters is 1. The maximum atomic E-state index is 13.9. The predicted molar refractivity (Wildman–Crippen MR) is 159 cm³/mol. The first-order chi connectivity index (χ1) is 20.5. The summed E-state index contributed by atoms with van der Waals surface area (Å²) >= 11 is 0. The molecule has 0 unspecified atom stereocenters. The molecule has 2 saturated heterocycles. The lowest BCUT2D eigenvalue weighted by Gasteiger charge is -2.38. The highest BCUT2D eigenvalue weighted by Gasteiger charge is 2.43. The number of ether oxygens (including phenoxy) is 1. The van der Waals surface area contributed by atoms with Crippen molar-refractivity contribution in [3.05, 3.63) is 0 Å². The summed E-state index contributed by atoms with van der Waals surface area (Å²) in [6.07, 6.45) is -0.787. The van der Waals surface area contributed by atoms with Crippen molar-refractivity contribution < 1.29 is 43.4 Å². The van der Waals surface area contributed by atoms with E-state index >= 15 is 0 Å². The molecular formula is C30H49N5O9. The van der Waals surface area contributed by atoms with E-state index < -0.39 is 77.7 Å². The molecule has 0 spiro atoms. The zero-order valence-corrected chi connectivity index (χ0v) is 27.1. The van der Waals surface area contributed by atoms with Crippen LogP contribution in [0.5, 0.6) is 0 Å². The summed E-state index contributed by atoms with van der Waals surface area (Å²) in [7, 11) is 2.95. The van der Waals surface area contributed by atoms with Crippen molar-refractivity contribution in [3.8, 4) is 0 Å². The molecule has 2 aliphatic heterocycles. The smallest absolute Gasteiger partial charge is 0.308 e. The fraction of sp³-hybridized carbons (Fsp3) is 0.767. The number of cyclic esters (lactones) is 1. The first kappa shape index (κ1) is 36.5. The average Bonchev–Trinajstić information content (AvgIpc) is 3.46. The van der Waals surface area contributed by atoms with Crippen molar-refractivity contribution in [2.45, 2.75) is 104 Å². The summed E-state index contributed by atoms with van der Waals surface area (Å²) in [6, 6.07) is -3.87. The van der Waals surface area contributed by atoms with E-state index in [1.807, 2.05) is 6.92 Å². The maximum absolute atomic E-state index is 13.9. The van der Waals surface area contributed by atoms with Crippen LogP contribution in [0.4, 0.5) is 0 Å². The molecule has 0 saturated carbocycles. The van der Waals surface area contributed by atoms with Crippen LogP contribution in [-0.2, 0) is 38.3 Å². The van der Waals surface area contributed by atoms with Gasteiger partial charge in [0.05, 0.1) is 12.3 Å². The van der Waals surface area contributed by atoms with E-state index in [0.717, 1.165) is 0 Å². The number of carbonyl (C=O) groups is 7. The van der Waals surface area contributed by atoms with E-state index in [0.29, 0.717) is 19.3 Å². The van der Waals surface area contributed by atoms with Crippen molar-refractivity contribution in [1.82, 2.24) is 25.3 Å². The van der Waals surface area contributed by atoms with Gasteiger partial charge in [0.1, 0.15) is 24.2 Å². The van der Waals surface area contributed by atoms with Crippen molar-refractivity contribution in [2.24, 2.45) is 17.8 Å². The van der Waals surface area contributed by atoms with Gasteiger partial charge in [-0.15, -0.1) is 0 Å². The number of likely N-dealkylation sites (N-methyl/N-ethyl adjacent to an activating group) is 2. The SMILES string of the molecule is CC[C@@H](C)[C@H]1NC(=O)[C@H]2CCCN2C(=O)[C@@H](C[C@@H](C)C(=O)O)OC(=O)CCNC(=O)[C@@H](C)N(C)C(=O)[C@@H](C(C)C)N(C)C1=O. The summed E-state index contributed by atoms with van der Waals surface area (Å²) in [4.78, 5) is 96.0. The standard InChI is InChI=1S/C30H49N5O9/c1-9-17(4)23-28(40)34(8)24(16(2)3)29(41)33(7)19(6)25(37)31-13-12-22(36)44-21(15-18(5)30(42)43)27(39)35-14-10-11-20(35)26(38)32-23/h16-21,23-24H,9-15H2,1-8H3,(H,31,37)(H,32,38)(H,42,43)/t17-,18-,19-,20-,21-,23-,24-/m1/s1. The van der Waals surface area contributed by atoms with Crippen LogP contribution in [0.15, 0.2) is 0 Å². The van der Waals surface area contributed by atoms with Gasteiger partial charge in [-0.3, -0.25) is 33.6 Å². The number of hydrogen-bond acceptors (Lipinski definition) is 8. The third-order valence-corrected chi connectivity index (χ3v) is 8.74. The average molecular weight is 624 g/mol. The minimum atomic E-state index is -1.47. The molecule has 248 valence electrons. The number of fused-ring (bicyclic) bond motifs is 1. The third kappa shape index (κ3) is 8.69. The molecule has 0 bridgehead atoms. The maximum Gasteiger partial charge on any atom is 0.308 e. The fourth-order valence-corrected chi connectivity index (χ4v) is 5.52. The first-order valence-corrected chi connectivity index (χ1v) is 15.4. The Balaban J connectivity index is 2.56. The number of carboxylic acids is 1. The molecule has 2 heterocycles. The number of rotatable bonds is 6. The molecule has 2 fully saturated rings. The van der Waals surface area contributed by atoms with Crippen LogP contribution < -0.4 is 10.6 Å². The Morgan fingerprint density at radius 3 is 2.18 bits per heavy atom. The summed E-state index contributed by atoms with van der Waals surface area (Å²) < 4.78 is 5.44. The van der Waals surface area contributed by atoms with Crippen LogP contribution in [0.25, 0.3) is 0 Å². The van der Waals surface area contributed by atoms with E-state index in [4.69, 9.17) is 4.74 Å². The van der Waals surface area contributed by atoms with Gasteiger partial charge in [-0.25, -0.2) is 0 Å². The van der Waals surface area contributed by atoms with E-state index in [9.17, 15) is 38.7 Å². The van der Waals surface area contributed by atoms with Crippen molar-refractivity contribution in [2.75, 3.05) is 27.2 Å². The second-order valence-electron chi connectivity index (χ2n) is 12.3. The number of aliphatic carboxylic acids is 1. The van der Waals surface area contributed by atoms with Crippen molar-refractivity contribution in [3.63, 3.8) is 0 Å². The molecule has 14 nitrogen and oxygen atoms in total. The van der Waals surface area contributed by atoms with Crippen molar-refractivity contribution >= 4 is 41.5 Å². The van der Waals surface area contributed by atoms with Crippen LogP contribution in [0.2, 0.25) is 0 Å². The normalized spacial score (nSPS) is 28.4. The lowest BCUT2D eigenvalue weighted by molar-refractivity contribution is -0.164. The van der Waals surface area contributed by atoms with Gasteiger partial charge in [-0.2, -0.15) is 0 Å². The lowest BCUT2D eigenvalue weighted by Crippen LogP contribution is -2.60. The van der Waals surface area contributed by atoms with E-state index in [1.165, 1.54) is 42.6 Å². The molecule has 7 atom stereocenters. The molecule has 44 heavy (non-hydrogen) atoms. The Morgan fingerprint density at radius 1 is 0.977 bits per heavy atom. The monoisotopic (exact) mass is 623 g/mol. The fourth-order valence-electron chi connectivity index (χ4n) is 5.52. The Labute approximate surface area is 259 Å². The number of carbonyl (C=O) groups excluding carboxylic acids is 6. The second-order valence-corrected chi connectivity index (χ2v) is 12.3. The molecule has 5 amide bonds. The molecule has 0 aliphatic carbocycles. The van der Waals surface area contributed by atoms with Gasteiger partial charge in [-0.05, 0) is 31.6 Å². The second kappa shape index (κ2) is 15.8. The van der Waals surface area contributed by atoms with Gasteiger partial charge in [-0.1, -0.05) is 41.0 Å².